The van der Waals surface area contributed by atoms with Gasteiger partial charge < -0.3 is 0 Å². The van der Waals surface area contributed by atoms with Gasteiger partial charge in [-0.1, -0.05) is 18.2 Å². The highest BCUT2D eigenvalue weighted by molar-refractivity contribution is 7.91. The summed E-state index contributed by atoms with van der Waals surface area (Å²) in [6.45, 7) is 0. The van der Waals surface area contributed by atoms with E-state index in [2.05, 4.69) is 4.98 Å². The normalized spacial score (nSPS) is 11.4. The van der Waals surface area contributed by atoms with Crippen molar-refractivity contribution in [2.75, 3.05) is 11.6 Å². The molecule has 98 valence electrons. The van der Waals surface area contributed by atoms with Crippen LogP contribution in [-0.2, 0) is 9.84 Å². The first-order valence-electron chi connectivity index (χ1n) is 5.66. The molecule has 0 unspecified atom stereocenters. The molecule has 2 rings (SSSR count). The summed E-state index contributed by atoms with van der Waals surface area (Å²) in [5.41, 5.74) is 0.638. The van der Waals surface area contributed by atoms with Gasteiger partial charge in [0, 0.05) is 17.5 Å². The Morgan fingerprint density at radius 3 is 2.74 bits per heavy atom. The van der Waals surface area contributed by atoms with E-state index < -0.39 is 9.84 Å². The minimum atomic E-state index is -3.54. The minimum absolute atomic E-state index is 0.0608. The number of halogens is 1. The largest absolute Gasteiger partial charge is 0.255 e. The maximum atomic E-state index is 12.3. The number of rotatable bonds is 4. The van der Waals surface area contributed by atoms with Gasteiger partial charge in [-0.2, -0.15) is 5.26 Å². The van der Waals surface area contributed by atoms with Crippen LogP contribution in [-0.4, -0.2) is 25.0 Å². The van der Waals surface area contributed by atoms with Crippen LogP contribution >= 0.6 is 11.6 Å². The lowest BCUT2D eigenvalue weighted by atomic mass is 10.2. The fraction of sp³-hybridized carbons (Fsp3) is 0.231. The van der Waals surface area contributed by atoms with Crippen LogP contribution in [0.15, 0.2) is 35.4 Å². The fourth-order valence-corrected chi connectivity index (χ4v) is 3.84. The number of nitriles is 1. The number of benzene rings is 1. The summed E-state index contributed by atoms with van der Waals surface area (Å²) >= 11 is 5.55. The van der Waals surface area contributed by atoms with Crippen LogP contribution in [0.2, 0.25) is 0 Å². The number of sulfone groups is 1. The zero-order chi connectivity index (χ0) is 13.9. The Bertz CT molecular complexity index is 751. The van der Waals surface area contributed by atoms with Crippen molar-refractivity contribution in [2.24, 2.45) is 0 Å². The molecule has 2 aromatic rings. The number of hydrogen-bond acceptors (Lipinski definition) is 4. The molecular weight excluding hydrogens is 284 g/mol. The lowest BCUT2D eigenvalue weighted by molar-refractivity contribution is 0.595. The highest BCUT2D eigenvalue weighted by Crippen LogP contribution is 2.26. The topological polar surface area (TPSA) is 70.8 Å². The summed E-state index contributed by atoms with van der Waals surface area (Å²) in [4.78, 5) is 4.15. The molecule has 0 fully saturated rings. The molecule has 0 aliphatic heterocycles. The average molecular weight is 295 g/mol. The predicted octanol–water partition coefficient (Wildman–Crippen LogP) is 2.51. The van der Waals surface area contributed by atoms with Crippen LogP contribution in [0.25, 0.3) is 10.9 Å². The van der Waals surface area contributed by atoms with Crippen LogP contribution in [0.4, 0.5) is 0 Å². The molecule has 0 amide bonds. The van der Waals surface area contributed by atoms with Gasteiger partial charge in [-0.25, -0.2) is 8.42 Å². The molecule has 0 saturated heterocycles. The molecule has 0 atom stereocenters. The van der Waals surface area contributed by atoms with Crippen molar-refractivity contribution in [1.82, 2.24) is 4.98 Å². The van der Waals surface area contributed by atoms with Gasteiger partial charge in [-0.15, -0.1) is 11.6 Å². The van der Waals surface area contributed by atoms with Gasteiger partial charge in [0.15, 0.2) is 9.84 Å². The molecular formula is C13H11ClN2O2S. The van der Waals surface area contributed by atoms with Crippen molar-refractivity contribution in [3.05, 3.63) is 36.0 Å². The third-order valence-corrected chi connectivity index (χ3v) is 4.86. The molecule has 0 aliphatic carbocycles. The van der Waals surface area contributed by atoms with E-state index in [4.69, 9.17) is 16.9 Å². The number of alkyl halides is 1. The van der Waals surface area contributed by atoms with Gasteiger partial charge in [-0.05, 0) is 12.5 Å². The molecule has 4 nitrogen and oxygen atoms in total. The van der Waals surface area contributed by atoms with Crippen LogP contribution in [0.5, 0.6) is 0 Å². The quantitative estimate of drug-likeness (QED) is 0.812. The fourth-order valence-electron chi connectivity index (χ4n) is 1.88. The van der Waals surface area contributed by atoms with Crippen molar-refractivity contribution >= 4 is 32.3 Å². The zero-order valence-electron chi connectivity index (χ0n) is 10.0. The van der Waals surface area contributed by atoms with Crippen LogP contribution < -0.4 is 0 Å². The van der Waals surface area contributed by atoms with E-state index in [9.17, 15) is 8.42 Å². The van der Waals surface area contributed by atoms with Crippen LogP contribution in [0.1, 0.15) is 12.0 Å². The Kier molecular flexibility index (Phi) is 4.03. The number of hydrogen-bond donors (Lipinski definition) is 0. The molecule has 19 heavy (non-hydrogen) atoms. The number of nitrogens with zero attached hydrogens (tertiary/aromatic N) is 2. The van der Waals surface area contributed by atoms with Crippen molar-refractivity contribution in [1.29, 1.82) is 5.26 Å². The second-order valence-corrected chi connectivity index (χ2v) is 6.42. The van der Waals surface area contributed by atoms with Gasteiger partial charge in [0.05, 0.1) is 21.7 Å². The molecule has 0 spiro atoms. The van der Waals surface area contributed by atoms with Gasteiger partial charge in [0.25, 0.3) is 0 Å². The first kappa shape index (κ1) is 13.8. The highest BCUT2D eigenvalue weighted by Gasteiger charge is 2.22. The Labute approximate surface area is 116 Å². The maximum absolute atomic E-state index is 12.3. The Morgan fingerprint density at radius 1 is 1.32 bits per heavy atom. The molecule has 0 radical (unpaired) electrons. The Balaban J connectivity index is 2.73. The lowest BCUT2D eigenvalue weighted by Gasteiger charge is -2.08. The van der Waals surface area contributed by atoms with Gasteiger partial charge >= 0.3 is 0 Å². The molecule has 0 aliphatic rings. The molecule has 6 heteroatoms. The first-order valence-corrected chi connectivity index (χ1v) is 7.85. The van der Waals surface area contributed by atoms with Gasteiger partial charge in [0.1, 0.15) is 6.07 Å². The lowest BCUT2D eigenvalue weighted by Crippen LogP contribution is -2.10. The predicted molar refractivity (Wildman–Crippen MR) is 73.8 cm³/mol. The summed E-state index contributed by atoms with van der Waals surface area (Å²) in [7, 11) is -3.54. The number of fused-ring (bicyclic) bond motifs is 1. The molecule has 1 aromatic heterocycles. The van der Waals surface area contributed by atoms with Crippen molar-refractivity contribution < 1.29 is 8.42 Å². The number of para-hydroxylation sites is 1. The van der Waals surface area contributed by atoms with E-state index in [1.165, 1.54) is 6.20 Å². The number of pyridine rings is 1. The Hall–Kier alpha value is -1.64. The summed E-state index contributed by atoms with van der Waals surface area (Å²) in [5, 5.41) is 9.57. The average Bonchev–Trinajstić information content (AvgIpc) is 2.43. The molecule has 1 aromatic carbocycles. The maximum Gasteiger partial charge on any atom is 0.180 e. The van der Waals surface area contributed by atoms with Gasteiger partial charge in [-0.3, -0.25) is 4.98 Å². The van der Waals surface area contributed by atoms with E-state index in [0.29, 0.717) is 17.3 Å². The third-order valence-electron chi connectivity index (χ3n) is 2.70. The second-order valence-electron chi connectivity index (χ2n) is 3.99. The molecule has 1 heterocycles. The van der Waals surface area contributed by atoms with Crippen molar-refractivity contribution in [2.45, 2.75) is 11.3 Å². The molecule has 0 N–H and O–H groups in total. The Morgan fingerprint density at radius 2 is 2.05 bits per heavy atom. The van der Waals surface area contributed by atoms with Crippen molar-refractivity contribution in [3.8, 4) is 6.07 Å². The second kappa shape index (κ2) is 5.55. The smallest absolute Gasteiger partial charge is 0.180 e. The molecule has 0 bridgehead atoms. The number of aromatic nitrogens is 1. The van der Waals surface area contributed by atoms with E-state index in [1.54, 1.807) is 24.3 Å². The summed E-state index contributed by atoms with van der Waals surface area (Å²) in [6.07, 6.45) is 1.65. The monoisotopic (exact) mass is 294 g/mol. The van der Waals surface area contributed by atoms with Crippen LogP contribution in [0, 0.1) is 11.3 Å². The standard InChI is InChI=1S/C13H11ClN2O2S/c14-6-3-7-19(17,18)13-10(8-15)9-16-12-5-2-1-4-11(12)13/h1-2,4-5,9H,3,6-7H2. The van der Waals surface area contributed by atoms with Crippen molar-refractivity contribution in [3.63, 3.8) is 0 Å². The minimum Gasteiger partial charge on any atom is -0.255 e. The summed E-state index contributed by atoms with van der Waals surface area (Å²) < 4.78 is 24.7. The zero-order valence-corrected chi connectivity index (χ0v) is 11.6. The third kappa shape index (κ3) is 2.70. The van der Waals surface area contributed by atoms with Gasteiger partial charge in [0.2, 0.25) is 0 Å². The van der Waals surface area contributed by atoms with E-state index in [1.807, 2.05) is 6.07 Å². The summed E-state index contributed by atoms with van der Waals surface area (Å²) in [6, 6.07) is 8.78. The highest BCUT2D eigenvalue weighted by atomic mass is 35.5. The van der Waals surface area contributed by atoms with E-state index in [0.717, 1.165) is 0 Å². The van der Waals surface area contributed by atoms with E-state index in [-0.39, 0.29) is 22.1 Å². The SMILES string of the molecule is N#Cc1cnc2ccccc2c1S(=O)(=O)CCCCl. The molecule has 0 saturated carbocycles. The van der Waals surface area contributed by atoms with Crippen LogP contribution in [0.3, 0.4) is 0 Å². The van der Waals surface area contributed by atoms with E-state index >= 15 is 0 Å². The summed E-state index contributed by atoms with van der Waals surface area (Å²) in [5.74, 6) is 0.198. The first-order chi connectivity index (χ1) is 9.10.